The number of hydrogen-bond donors (Lipinski definition) is 2. The van der Waals surface area contributed by atoms with Gasteiger partial charge in [0.25, 0.3) is 0 Å². The quantitative estimate of drug-likeness (QED) is 0.318. The second kappa shape index (κ2) is 8.50. The van der Waals surface area contributed by atoms with E-state index in [0.717, 1.165) is 14.2 Å². The first-order chi connectivity index (χ1) is 12.3. The van der Waals surface area contributed by atoms with Crippen LogP contribution in [0.25, 0.3) is 0 Å². The van der Waals surface area contributed by atoms with Crippen LogP contribution in [0.15, 0.2) is 66.4 Å². The summed E-state index contributed by atoms with van der Waals surface area (Å²) in [5, 5.41) is 24.3. The average Bonchev–Trinajstić information content (AvgIpc) is 2.56. The molecular formula is C18H10Br4ClO2P. The summed E-state index contributed by atoms with van der Waals surface area (Å²) in [4.78, 5) is 0. The summed E-state index contributed by atoms with van der Waals surface area (Å²) in [7, 11) is -1.27. The van der Waals surface area contributed by atoms with Crippen LogP contribution in [0.1, 0.15) is 0 Å². The third-order valence-corrected chi connectivity index (χ3v) is 8.36. The van der Waals surface area contributed by atoms with Crippen LogP contribution in [-0.4, -0.2) is 10.2 Å². The fraction of sp³-hybridized carbons (Fsp3) is 0. The van der Waals surface area contributed by atoms with Crippen molar-refractivity contribution in [2.24, 2.45) is 0 Å². The van der Waals surface area contributed by atoms with Gasteiger partial charge in [-0.15, -0.1) is 0 Å². The largest absolute Gasteiger partial charge is 0.506 e. The van der Waals surface area contributed by atoms with Crippen molar-refractivity contribution in [3.05, 3.63) is 71.4 Å². The van der Waals surface area contributed by atoms with Gasteiger partial charge in [0.1, 0.15) is 11.5 Å². The van der Waals surface area contributed by atoms with Crippen molar-refractivity contribution in [1.29, 1.82) is 0 Å². The van der Waals surface area contributed by atoms with Crippen molar-refractivity contribution in [3.63, 3.8) is 0 Å². The molecule has 0 fully saturated rings. The molecule has 3 rings (SSSR count). The van der Waals surface area contributed by atoms with Gasteiger partial charge in [0.15, 0.2) is 0 Å². The van der Waals surface area contributed by atoms with E-state index in [4.69, 9.17) is 11.6 Å². The highest BCUT2D eigenvalue weighted by molar-refractivity contribution is 9.11. The van der Waals surface area contributed by atoms with Crippen molar-refractivity contribution < 1.29 is 10.2 Å². The molecule has 0 unspecified atom stereocenters. The summed E-state index contributed by atoms with van der Waals surface area (Å²) in [5.74, 6) is 0.268. The number of rotatable bonds is 3. The predicted molar refractivity (Wildman–Crippen MR) is 124 cm³/mol. The Morgan fingerprint density at radius 3 is 1.69 bits per heavy atom. The minimum atomic E-state index is -1.27. The van der Waals surface area contributed by atoms with Crippen LogP contribution in [-0.2, 0) is 0 Å². The fourth-order valence-electron chi connectivity index (χ4n) is 2.47. The lowest BCUT2D eigenvalue weighted by Gasteiger charge is -2.23. The van der Waals surface area contributed by atoms with Crippen molar-refractivity contribution in [3.8, 4) is 11.5 Å². The summed E-state index contributed by atoms with van der Waals surface area (Å²) in [5.41, 5.74) is 0. The zero-order chi connectivity index (χ0) is 19.0. The lowest BCUT2D eigenvalue weighted by atomic mass is 10.3. The van der Waals surface area contributed by atoms with E-state index in [1.54, 1.807) is 18.2 Å². The standard InChI is InChI=1S/C18H10Br4ClO2P/c19-9-4-13(21)17(24)15(6-9)26(12-3-1-2-11(23)8-12)16-7-10(20)5-14(22)18(16)25/h1-8,24-25H. The molecule has 0 saturated carbocycles. The third kappa shape index (κ3) is 4.31. The van der Waals surface area contributed by atoms with Gasteiger partial charge in [-0.25, -0.2) is 0 Å². The number of phenolic OH excluding ortho intramolecular Hbond substituents is 2. The maximum absolute atomic E-state index is 10.7. The molecule has 0 amide bonds. The molecule has 0 saturated heterocycles. The molecule has 0 bridgehead atoms. The van der Waals surface area contributed by atoms with Crippen LogP contribution >= 0.6 is 83.2 Å². The number of hydrogen-bond acceptors (Lipinski definition) is 2. The van der Waals surface area contributed by atoms with Crippen LogP contribution in [0, 0.1) is 0 Å². The number of phenols is 2. The van der Waals surface area contributed by atoms with E-state index in [0.29, 0.717) is 24.6 Å². The van der Waals surface area contributed by atoms with Gasteiger partial charge in [-0.3, -0.25) is 0 Å². The number of benzene rings is 3. The highest BCUT2D eigenvalue weighted by atomic mass is 79.9. The molecule has 0 heterocycles. The Balaban J connectivity index is 2.36. The summed E-state index contributed by atoms with van der Waals surface area (Å²) >= 11 is 20.0. The Morgan fingerprint density at radius 1 is 0.731 bits per heavy atom. The summed E-state index contributed by atoms with van der Waals surface area (Å²) < 4.78 is 2.79. The molecule has 0 aliphatic heterocycles. The molecule has 26 heavy (non-hydrogen) atoms. The van der Waals surface area contributed by atoms with Gasteiger partial charge in [-0.05, 0) is 81.5 Å². The molecule has 0 aliphatic carbocycles. The smallest absolute Gasteiger partial charge is 0.138 e. The number of halogens is 5. The fourth-order valence-corrected chi connectivity index (χ4v) is 8.37. The van der Waals surface area contributed by atoms with E-state index in [1.807, 2.05) is 30.3 Å². The molecular weight excluding hydrogens is 634 g/mol. The van der Waals surface area contributed by atoms with Crippen LogP contribution in [0.5, 0.6) is 11.5 Å². The average molecular weight is 644 g/mol. The predicted octanol–water partition coefficient (Wildman–Crippen LogP) is 6.56. The first-order valence-corrected chi connectivity index (χ1v) is 12.1. The molecule has 0 atom stereocenters. The maximum Gasteiger partial charge on any atom is 0.138 e. The van der Waals surface area contributed by atoms with E-state index >= 15 is 0 Å². The SMILES string of the molecule is Oc1c(Br)cc(Br)cc1P(c1cccc(Cl)c1)c1cc(Br)cc(Br)c1O. The minimum Gasteiger partial charge on any atom is -0.506 e. The first kappa shape index (κ1) is 20.6. The maximum atomic E-state index is 10.7. The molecule has 3 aromatic carbocycles. The number of aromatic hydroxyl groups is 2. The lowest BCUT2D eigenvalue weighted by molar-refractivity contribution is 0.475. The second-order valence-electron chi connectivity index (χ2n) is 5.33. The van der Waals surface area contributed by atoms with Gasteiger partial charge in [0.05, 0.1) is 8.95 Å². The van der Waals surface area contributed by atoms with Gasteiger partial charge in [-0.2, -0.15) is 0 Å². The lowest BCUT2D eigenvalue weighted by Crippen LogP contribution is -2.22. The minimum absolute atomic E-state index is 0.134. The summed E-state index contributed by atoms with van der Waals surface area (Å²) in [6.45, 7) is 0. The molecule has 0 spiro atoms. The molecule has 0 radical (unpaired) electrons. The molecule has 8 heteroatoms. The zero-order valence-electron chi connectivity index (χ0n) is 12.9. The van der Waals surface area contributed by atoms with Gasteiger partial charge in [0.2, 0.25) is 0 Å². The van der Waals surface area contributed by atoms with Gasteiger partial charge < -0.3 is 10.2 Å². The molecule has 2 nitrogen and oxygen atoms in total. The highest BCUT2D eigenvalue weighted by Gasteiger charge is 2.26. The topological polar surface area (TPSA) is 40.5 Å². The first-order valence-electron chi connectivity index (χ1n) is 7.19. The molecule has 3 aromatic rings. The van der Waals surface area contributed by atoms with Crippen LogP contribution in [0.2, 0.25) is 5.02 Å². The van der Waals surface area contributed by atoms with E-state index in [1.165, 1.54) is 0 Å². The van der Waals surface area contributed by atoms with Crippen LogP contribution in [0.3, 0.4) is 0 Å². The molecule has 0 aliphatic rings. The highest BCUT2D eigenvalue weighted by Crippen LogP contribution is 2.44. The van der Waals surface area contributed by atoms with Crippen LogP contribution in [0.4, 0.5) is 0 Å². The monoisotopic (exact) mass is 640 g/mol. The van der Waals surface area contributed by atoms with E-state index in [9.17, 15) is 10.2 Å². The summed E-state index contributed by atoms with van der Waals surface area (Å²) in [6, 6.07) is 14.7. The Hall–Kier alpha value is -0.100. The third-order valence-electron chi connectivity index (χ3n) is 3.56. The zero-order valence-corrected chi connectivity index (χ0v) is 20.8. The normalized spacial score (nSPS) is 11.2. The van der Waals surface area contributed by atoms with Crippen molar-refractivity contribution >= 4 is 99.2 Å². The van der Waals surface area contributed by atoms with Gasteiger partial charge >= 0.3 is 0 Å². The molecule has 0 aromatic heterocycles. The second-order valence-corrected chi connectivity index (χ2v) is 11.5. The molecule has 2 N–H and O–H groups in total. The Bertz CT molecular complexity index is 940. The van der Waals surface area contributed by atoms with Crippen molar-refractivity contribution in [2.45, 2.75) is 0 Å². The van der Waals surface area contributed by atoms with Crippen molar-refractivity contribution in [1.82, 2.24) is 0 Å². The van der Waals surface area contributed by atoms with Gasteiger partial charge in [0, 0.05) is 24.6 Å². The Labute approximate surface area is 190 Å². The van der Waals surface area contributed by atoms with E-state index in [-0.39, 0.29) is 11.5 Å². The van der Waals surface area contributed by atoms with E-state index in [2.05, 4.69) is 63.7 Å². The van der Waals surface area contributed by atoms with Crippen molar-refractivity contribution in [2.75, 3.05) is 0 Å². The van der Waals surface area contributed by atoms with Crippen LogP contribution < -0.4 is 15.9 Å². The Morgan fingerprint density at radius 2 is 1.23 bits per heavy atom. The van der Waals surface area contributed by atoms with Gasteiger partial charge in [-0.1, -0.05) is 55.6 Å². The molecule has 134 valence electrons. The summed E-state index contributed by atoms with van der Waals surface area (Å²) in [6.07, 6.45) is 0. The van der Waals surface area contributed by atoms with E-state index < -0.39 is 7.92 Å². The Kier molecular flexibility index (Phi) is 6.75.